The Hall–Kier alpha value is -2.57. The van der Waals surface area contributed by atoms with Gasteiger partial charge in [0.15, 0.2) is 0 Å². The Morgan fingerprint density at radius 2 is 1.39 bits per heavy atom. The number of hydrogen-bond donors (Lipinski definition) is 2. The minimum Gasteiger partial charge on any atom is -0.308 e. The Morgan fingerprint density at radius 3 is 1.89 bits per heavy atom. The van der Waals surface area contributed by atoms with Crippen LogP contribution in [0.1, 0.15) is 5.56 Å². The number of urea groups is 1. The van der Waals surface area contributed by atoms with E-state index in [0.29, 0.717) is 24.3 Å². The summed E-state index contributed by atoms with van der Waals surface area (Å²) < 4.78 is 114. The first-order valence-corrected chi connectivity index (χ1v) is 9.13. The summed E-state index contributed by atoms with van der Waals surface area (Å²) in [4.78, 5) is 9.60. The van der Waals surface area contributed by atoms with E-state index in [1.807, 2.05) is 10.6 Å². The van der Waals surface area contributed by atoms with Crippen molar-refractivity contribution in [1.82, 2.24) is 0 Å². The number of amides is 2. The van der Waals surface area contributed by atoms with Crippen LogP contribution >= 0.6 is 10.2 Å². The number of benzene rings is 2. The van der Waals surface area contributed by atoms with Gasteiger partial charge in [-0.1, -0.05) is 31.6 Å². The van der Waals surface area contributed by atoms with Crippen molar-refractivity contribution in [2.45, 2.75) is 17.2 Å². The number of halogens is 9. The number of carbonyl (C=O) groups excluding carboxylic acids is 1. The lowest BCUT2D eigenvalue weighted by atomic mass is 10.1. The summed E-state index contributed by atoms with van der Waals surface area (Å²) in [7, 11) is -9.86. The summed E-state index contributed by atoms with van der Waals surface area (Å²) in [6, 6.07) is 3.52. The van der Waals surface area contributed by atoms with Crippen molar-refractivity contribution >= 4 is 27.6 Å². The van der Waals surface area contributed by atoms with Gasteiger partial charge in [-0.25, -0.2) is 13.6 Å². The van der Waals surface area contributed by atoms with Crippen molar-refractivity contribution in [2.24, 2.45) is 0 Å². The summed E-state index contributed by atoms with van der Waals surface area (Å²) in [5, 5.41) is 4.00. The number of carbonyl (C=O) groups is 1. The smallest absolute Gasteiger partial charge is 0.308 e. The fourth-order valence-electron chi connectivity index (χ4n) is 2.02. The average Bonchev–Trinajstić information content (AvgIpc) is 2.53. The van der Waals surface area contributed by atoms with Gasteiger partial charge in [-0.05, 0) is 36.4 Å². The summed E-state index contributed by atoms with van der Waals surface area (Å²) in [5.41, 5.74) is -1.68. The van der Waals surface area contributed by atoms with Gasteiger partial charge in [0.2, 0.25) is 0 Å². The topological polar surface area (TPSA) is 41.1 Å². The highest BCUT2D eigenvalue weighted by Crippen LogP contribution is 3.02. The molecule has 2 aromatic rings. The van der Waals surface area contributed by atoms with E-state index >= 15 is 0 Å². The molecule has 0 heterocycles. The van der Waals surface area contributed by atoms with Crippen molar-refractivity contribution in [2.75, 3.05) is 10.6 Å². The highest BCUT2D eigenvalue weighted by Gasteiger charge is 2.65. The van der Waals surface area contributed by atoms with Gasteiger partial charge < -0.3 is 10.6 Å². The first-order valence-electron chi connectivity index (χ1n) is 7.18. The van der Waals surface area contributed by atoms with Gasteiger partial charge in [-0.15, -0.1) is 0 Å². The molecule has 0 bridgehead atoms. The lowest BCUT2D eigenvalue weighted by Crippen LogP contribution is -2.24. The predicted octanol–water partition coefficient (Wildman–Crippen LogP) is 7.34. The molecule has 0 radical (unpaired) electrons. The molecule has 28 heavy (non-hydrogen) atoms. The first-order chi connectivity index (χ1) is 12.5. The van der Waals surface area contributed by atoms with E-state index in [1.165, 1.54) is 0 Å². The predicted molar refractivity (Wildman–Crippen MR) is 86.8 cm³/mol. The van der Waals surface area contributed by atoms with Crippen molar-refractivity contribution in [3.05, 3.63) is 54.1 Å². The summed E-state index contributed by atoms with van der Waals surface area (Å²) in [5.74, 6) is -4.46. The SMILES string of the molecule is O=C(Nc1ccc(S(F)(F)(F)(F)F)cc1)Nc1cccc(C(F)(F)C(F)F)c1. The molecule has 0 saturated carbocycles. The number of alkyl halides is 4. The summed E-state index contributed by atoms with van der Waals surface area (Å²) >= 11 is 0. The Kier molecular flexibility index (Phi) is 4.83. The third kappa shape index (κ3) is 5.24. The van der Waals surface area contributed by atoms with Crippen molar-refractivity contribution in [3.8, 4) is 0 Å². The maximum absolute atomic E-state index is 13.3. The molecule has 0 unspecified atom stereocenters. The molecule has 0 saturated heterocycles. The molecule has 0 spiro atoms. The molecule has 0 aliphatic carbocycles. The van der Waals surface area contributed by atoms with E-state index in [0.717, 1.165) is 12.1 Å². The number of hydrogen-bond acceptors (Lipinski definition) is 1. The van der Waals surface area contributed by atoms with Gasteiger partial charge in [0.25, 0.3) is 0 Å². The average molecular weight is 438 g/mol. The molecule has 156 valence electrons. The van der Waals surface area contributed by atoms with Gasteiger partial charge in [0.05, 0.1) is 0 Å². The molecule has 3 nitrogen and oxygen atoms in total. The molecule has 0 aromatic heterocycles. The highest BCUT2D eigenvalue weighted by atomic mass is 32.5. The van der Waals surface area contributed by atoms with Crippen LogP contribution in [0.5, 0.6) is 0 Å². The summed E-state index contributed by atoms with van der Waals surface area (Å²) in [6.45, 7) is 0. The fraction of sp³-hybridized carbons (Fsp3) is 0.133. The van der Waals surface area contributed by atoms with Crippen LogP contribution in [-0.2, 0) is 5.92 Å². The van der Waals surface area contributed by atoms with Crippen molar-refractivity contribution in [3.63, 3.8) is 0 Å². The monoisotopic (exact) mass is 438 g/mol. The molecule has 2 N–H and O–H groups in total. The van der Waals surface area contributed by atoms with Gasteiger partial charge in [0.1, 0.15) is 4.90 Å². The zero-order valence-corrected chi connectivity index (χ0v) is 14.2. The van der Waals surface area contributed by atoms with Crippen molar-refractivity contribution in [1.29, 1.82) is 0 Å². The summed E-state index contributed by atoms with van der Waals surface area (Å²) in [6.07, 6.45) is -3.98. The molecule has 2 amide bonds. The van der Waals surface area contributed by atoms with E-state index in [9.17, 15) is 41.8 Å². The Morgan fingerprint density at radius 1 is 0.857 bits per heavy atom. The second-order valence-corrected chi connectivity index (χ2v) is 7.99. The lowest BCUT2D eigenvalue weighted by Gasteiger charge is -2.40. The van der Waals surface area contributed by atoms with Crippen molar-refractivity contribution < 1.29 is 41.8 Å². The molecule has 13 heteroatoms. The van der Waals surface area contributed by atoms with Crippen LogP contribution in [0.25, 0.3) is 0 Å². The zero-order valence-electron chi connectivity index (χ0n) is 13.4. The van der Waals surface area contributed by atoms with E-state index in [4.69, 9.17) is 0 Å². The maximum Gasteiger partial charge on any atom is 0.332 e. The lowest BCUT2D eigenvalue weighted by molar-refractivity contribution is -0.135. The standard InChI is InChI=1S/C15H11F9N2OS/c16-13(17)15(18,19)9-2-1-3-11(8-9)26-14(27)25-10-4-6-12(7-5-10)28(20,21,22,23)24/h1-8,13H,(H2,25,26,27). The van der Waals surface area contributed by atoms with Crippen LogP contribution in [0.3, 0.4) is 0 Å². The zero-order chi connectivity index (χ0) is 21.4. The van der Waals surface area contributed by atoms with E-state index in [2.05, 4.69) is 0 Å². The van der Waals surface area contributed by atoms with Crippen LogP contribution in [0.2, 0.25) is 0 Å². The van der Waals surface area contributed by atoms with Gasteiger partial charge in [-0.3, -0.25) is 0 Å². The van der Waals surface area contributed by atoms with Crippen LogP contribution in [0.15, 0.2) is 53.4 Å². The van der Waals surface area contributed by atoms with E-state index < -0.39 is 39.1 Å². The fourth-order valence-corrected chi connectivity index (χ4v) is 2.67. The first kappa shape index (κ1) is 21.7. The quantitative estimate of drug-likeness (QED) is 0.471. The molecule has 2 aromatic carbocycles. The van der Waals surface area contributed by atoms with Crippen LogP contribution < -0.4 is 10.6 Å². The van der Waals surface area contributed by atoms with E-state index in [1.54, 1.807) is 0 Å². The second kappa shape index (κ2) is 6.22. The van der Waals surface area contributed by atoms with Crippen LogP contribution in [0.4, 0.5) is 53.2 Å². The molecular formula is C15H11F9N2OS. The Balaban J connectivity index is 2.12. The number of rotatable bonds is 5. The normalized spacial score (nSPS) is 14.9. The number of anilines is 2. The molecular weight excluding hydrogens is 427 g/mol. The molecule has 2 rings (SSSR count). The van der Waals surface area contributed by atoms with Crippen LogP contribution in [-0.4, -0.2) is 12.5 Å². The number of nitrogens with one attached hydrogen (secondary N) is 2. The highest BCUT2D eigenvalue weighted by molar-refractivity contribution is 8.45. The molecule has 0 aliphatic heterocycles. The Bertz CT molecular complexity index is 883. The largest absolute Gasteiger partial charge is 0.332 e. The van der Waals surface area contributed by atoms with Gasteiger partial charge in [-0.2, -0.15) is 8.78 Å². The minimum atomic E-state index is -9.86. The Labute approximate surface area is 152 Å². The molecule has 0 aliphatic rings. The molecule has 0 fully saturated rings. The second-order valence-electron chi connectivity index (χ2n) is 5.58. The molecule has 0 atom stereocenters. The van der Waals surface area contributed by atoms with Gasteiger partial charge >= 0.3 is 28.6 Å². The third-order valence-electron chi connectivity index (χ3n) is 3.34. The van der Waals surface area contributed by atoms with Gasteiger partial charge in [0, 0.05) is 16.9 Å². The van der Waals surface area contributed by atoms with E-state index in [-0.39, 0.29) is 23.5 Å². The van der Waals surface area contributed by atoms with Crippen LogP contribution in [0, 0.1) is 0 Å². The third-order valence-corrected chi connectivity index (χ3v) is 4.50. The minimum absolute atomic E-state index is 0.0704. The maximum atomic E-state index is 13.3.